The van der Waals surface area contributed by atoms with E-state index in [9.17, 15) is 9.18 Å². The molecule has 1 aromatic carbocycles. The van der Waals surface area contributed by atoms with E-state index in [1.54, 1.807) is 23.6 Å². The van der Waals surface area contributed by atoms with Crippen LogP contribution in [0.1, 0.15) is 11.3 Å². The number of thiazole rings is 1. The van der Waals surface area contributed by atoms with Crippen molar-refractivity contribution in [1.82, 2.24) is 4.98 Å². The quantitative estimate of drug-likeness (QED) is 0.876. The van der Waals surface area contributed by atoms with E-state index in [4.69, 9.17) is 11.6 Å². The van der Waals surface area contributed by atoms with Gasteiger partial charge in [0.15, 0.2) is 5.13 Å². The summed E-state index contributed by atoms with van der Waals surface area (Å²) in [4.78, 5) is 15.8. The van der Waals surface area contributed by atoms with Gasteiger partial charge in [0.1, 0.15) is 5.82 Å². The first kappa shape index (κ1) is 13.0. The molecule has 1 heterocycles. The molecule has 94 valence electrons. The average Bonchev–Trinajstić information content (AvgIpc) is 2.80. The number of amides is 1. The van der Waals surface area contributed by atoms with Gasteiger partial charge >= 0.3 is 0 Å². The van der Waals surface area contributed by atoms with E-state index in [-0.39, 0.29) is 18.1 Å². The lowest BCUT2D eigenvalue weighted by atomic mass is 10.1. The number of benzene rings is 1. The van der Waals surface area contributed by atoms with Gasteiger partial charge in [-0.25, -0.2) is 9.37 Å². The molecule has 0 aliphatic rings. The zero-order valence-corrected chi connectivity index (χ0v) is 10.9. The van der Waals surface area contributed by atoms with Crippen molar-refractivity contribution >= 4 is 34.0 Å². The minimum atomic E-state index is -0.381. The normalized spacial score (nSPS) is 10.3. The maximum atomic E-state index is 13.3. The first-order valence-electron chi connectivity index (χ1n) is 5.22. The summed E-state index contributed by atoms with van der Waals surface area (Å²) in [6.07, 6.45) is -0.0114. The number of hydrogen-bond acceptors (Lipinski definition) is 3. The second kappa shape index (κ2) is 5.93. The Balaban J connectivity index is 1.99. The molecule has 18 heavy (non-hydrogen) atoms. The molecular weight excluding hydrogens is 275 g/mol. The molecule has 0 saturated heterocycles. The van der Waals surface area contributed by atoms with Crippen LogP contribution >= 0.6 is 22.9 Å². The summed E-state index contributed by atoms with van der Waals surface area (Å²) in [5.41, 5.74) is 1.08. The van der Waals surface area contributed by atoms with Gasteiger partial charge in [0.05, 0.1) is 18.0 Å². The van der Waals surface area contributed by atoms with Gasteiger partial charge in [0, 0.05) is 5.38 Å². The van der Waals surface area contributed by atoms with Crippen LogP contribution in [0.25, 0.3) is 0 Å². The number of anilines is 1. The number of nitrogens with zero attached hydrogens (tertiary/aromatic N) is 1. The molecule has 0 saturated carbocycles. The first-order chi connectivity index (χ1) is 8.69. The van der Waals surface area contributed by atoms with Crippen molar-refractivity contribution < 1.29 is 9.18 Å². The second-order valence-electron chi connectivity index (χ2n) is 3.59. The van der Waals surface area contributed by atoms with E-state index < -0.39 is 0 Å². The van der Waals surface area contributed by atoms with Crippen molar-refractivity contribution in [2.75, 3.05) is 5.32 Å². The number of nitrogens with one attached hydrogen (secondary N) is 1. The number of hydrogen-bond donors (Lipinski definition) is 1. The van der Waals surface area contributed by atoms with E-state index in [1.807, 2.05) is 0 Å². The molecule has 2 rings (SSSR count). The molecule has 0 unspecified atom stereocenters. The lowest BCUT2D eigenvalue weighted by Gasteiger charge is -2.02. The number of alkyl halides is 1. The molecule has 0 spiro atoms. The summed E-state index contributed by atoms with van der Waals surface area (Å²) in [6.45, 7) is 0. The second-order valence-corrected chi connectivity index (χ2v) is 4.72. The van der Waals surface area contributed by atoms with Gasteiger partial charge < -0.3 is 5.32 Å². The number of rotatable bonds is 4. The zero-order valence-electron chi connectivity index (χ0n) is 9.32. The van der Waals surface area contributed by atoms with Crippen LogP contribution in [0.3, 0.4) is 0 Å². The van der Waals surface area contributed by atoms with Gasteiger partial charge in [-0.3, -0.25) is 4.79 Å². The number of halogens is 2. The molecule has 2 aromatic rings. The van der Waals surface area contributed by atoms with E-state index in [2.05, 4.69) is 10.3 Å². The Morgan fingerprint density at radius 3 is 2.89 bits per heavy atom. The van der Waals surface area contributed by atoms with E-state index in [0.717, 1.165) is 0 Å². The molecule has 1 N–H and O–H groups in total. The van der Waals surface area contributed by atoms with Gasteiger partial charge in [-0.1, -0.05) is 18.2 Å². The smallest absolute Gasteiger partial charge is 0.230 e. The summed E-state index contributed by atoms with van der Waals surface area (Å²) < 4.78 is 13.3. The Hall–Kier alpha value is -1.46. The molecule has 0 fully saturated rings. The minimum Gasteiger partial charge on any atom is -0.302 e. The molecule has 1 amide bonds. The monoisotopic (exact) mass is 284 g/mol. The Bertz CT molecular complexity index is 559. The third-order valence-electron chi connectivity index (χ3n) is 2.24. The molecule has 0 aliphatic heterocycles. The average molecular weight is 285 g/mol. The van der Waals surface area contributed by atoms with Gasteiger partial charge in [0.25, 0.3) is 0 Å². The fraction of sp³-hybridized carbons (Fsp3) is 0.167. The number of carbonyl (C=O) groups excluding carboxylic acids is 1. The molecular formula is C12H10ClFN2OS. The predicted molar refractivity (Wildman–Crippen MR) is 70.4 cm³/mol. The Morgan fingerprint density at radius 2 is 2.22 bits per heavy atom. The van der Waals surface area contributed by atoms with Crippen LogP contribution in [0.4, 0.5) is 9.52 Å². The van der Waals surface area contributed by atoms with Crippen molar-refractivity contribution in [1.29, 1.82) is 0 Å². The van der Waals surface area contributed by atoms with Gasteiger partial charge in [0.2, 0.25) is 5.91 Å². The summed E-state index contributed by atoms with van der Waals surface area (Å²) in [6, 6.07) is 6.20. The maximum absolute atomic E-state index is 13.3. The SMILES string of the molecule is O=C(Cc1ccccc1F)Nc1nc(CCl)cs1. The molecule has 0 bridgehead atoms. The van der Waals surface area contributed by atoms with E-state index in [0.29, 0.717) is 22.3 Å². The van der Waals surface area contributed by atoms with Gasteiger partial charge in [-0.05, 0) is 11.6 Å². The van der Waals surface area contributed by atoms with Gasteiger partial charge in [-0.2, -0.15) is 0 Å². The highest BCUT2D eigenvalue weighted by Gasteiger charge is 2.09. The van der Waals surface area contributed by atoms with Crippen molar-refractivity contribution in [3.05, 3.63) is 46.7 Å². The lowest BCUT2D eigenvalue weighted by Crippen LogP contribution is -2.15. The van der Waals surface area contributed by atoms with Crippen LogP contribution in [0.2, 0.25) is 0 Å². The summed E-state index contributed by atoms with van der Waals surface area (Å²) in [5.74, 6) is -0.372. The van der Waals surface area contributed by atoms with Crippen LogP contribution < -0.4 is 5.32 Å². The van der Waals surface area contributed by atoms with E-state index >= 15 is 0 Å². The summed E-state index contributed by atoms with van der Waals surface area (Å²) in [7, 11) is 0. The topological polar surface area (TPSA) is 42.0 Å². The first-order valence-corrected chi connectivity index (χ1v) is 6.64. The minimum absolute atomic E-state index is 0.0114. The largest absolute Gasteiger partial charge is 0.302 e. The molecule has 0 aliphatic carbocycles. The van der Waals surface area contributed by atoms with Crippen LogP contribution in [0.15, 0.2) is 29.6 Å². The maximum Gasteiger partial charge on any atom is 0.230 e. The third-order valence-corrected chi connectivity index (χ3v) is 3.32. The highest BCUT2D eigenvalue weighted by atomic mass is 35.5. The highest BCUT2D eigenvalue weighted by molar-refractivity contribution is 7.13. The Kier molecular flexibility index (Phi) is 4.28. The van der Waals surface area contributed by atoms with Crippen LogP contribution in [0, 0.1) is 5.82 Å². The van der Waals surface area contributed by atoms with Crippen LogP contribution in [-0.4, -0.2) is 10.9 Å². The van der Waals surface area contributed by atoms with Crippen molar-refractivity contribution in [2.45, 2.75) is 12.3 Å². The zero-order chi connectivity index (χ0) is 13.0. The predicted octanol–water partition coefficient (Wildman–Crippen LogP) is 3.20. The van der Waals surface area contributed by atoms with Gasteiger partial charge in [-0.15, -0.1) is 22.9 Å². The summed E-state index contributed by atoms with van der Waals surface area (Å²) in [5, 5.41) is 4.86. The van der Waals surface area contributed by atoms with Crippen molar-refractivity contribution in [3.8, 4) is 0 Å². The fourth-order valence-electron chi connectivity index (χ4n) is 1.40. The third kappa shape index (κ3) is 3.27. The lowest BCUT2D eigenvalue weighted by molar-refractivity contribution is -0.115. The fourth-order valence-corrected chi connectivity index (χ4v) is 2.36. The molecule has 3 nitrogen and oxygen atoms in total. The standard InChI is InChI=1S/C12H10ClFN2OS/c13-6-9-7-18-12(15-9)16-11(17)5-8-3-1-2-4-10(8)14/h1-4,7H,5-6H2,(H,15,16,17). The highest BCUT2D eigenvalue weighted by Crippen LogP contribution is 2.17. The molecule has 0 radical (unpaired) electrons. The molecule has 0 atom stereocenters. The van der Waals surface area contributed by atoms with Crippen molar-refractivity contribution in [3.63, 3.8) is 0 Å². The number of aromatic nitrogens is 1. The summed E-state index contributed by atoms with van der Waals surface area (Å²) >= 11 is 6.91. The molecule has 1 aromatic heterocycles. The van der Waals surface area contributed by atoms with Crippen LogP contribution in [0.5, 0.6) is 0 Å². The van der Waals surface area contributed by atoms with E-state index in [1.165, 1.54) is 17.4 Å². The number of carbonyl (C=O) groups is 1. The van der Waals surface area contributed by atoms with Crippen molar-refractivity contribution in [2.24, 2.45) is 0 Å². The van der Waals surface area contributed by atoms with Crippen LogP contribution in [-0.2, 0) is 17.1 Å². The Morgan fingerprint density at radius 1 is 1.44 bits per heavy atom. The Labute approximate surface area is 113 Å². The molecule has 6 heteroatoms.